The van der Waals surface area contributed by atoms with Crippen molar-refractivity contribution in [2.45, 2.75) is 13.8 Å². The van der Waals surface area contributed by atoms with Crippen LogP contribution in [-0.2, 0) is 4.79 Å². The molecule has 1 N–H and O–H groups in total. The summed E-state index contributed by atoms with van der Waals surface area (Å²) >= 11 is 9.14. The highest BCUT2D eigenvalue weighted by Crippen LogP contribution is 2.22. The Kier molecular flexibility index (Phi) is 6.73. The van der Waals surface area contributed by atoms with E-state index in [1.165, 1.54) is 6.21 Å². The fraction of sp³-hybridized carbons (Fsp3) is 0.167. The number of carbonyl (C=O) groups is 2. The maximum atomic E-state index is 12.0. The van der Waals surface area contributed by atoms with Crippen LogP contribution in [0.4, 0.5) is 0 Å². The summed E-state index contributed by atoms with van der Waals surface area (Å²) in [6, 6.07) is 11.6. The molecule has 2 aromatic rings. The van der Waals surface area contributed by atoms with Crippen molar-refractivity contribution in [2.75, 3.05) is 0 Å². The molecule has 0 aliphatic rings. The van der Waals surface area contributed by atoms with Crippen molar-refractivity contribution in [3.8, 4) is 5.75 Å². The molecule has 0 saturated carbocycles. The normalized spacial score (nSPS) is 10.9. The summed E-state index contributed by atoms with van der Waals surface area (Å²) in [5, 5.41) is 4.47. The number of nitrogens with one attached hydrogen (secondary N) is 1. The number of rotatable bonds is 5. The molecule has 0 aliphatic heterocycles. The first kappa shape index (κ1) is 19.1. The molecule has 0 heterocycles. The van der Waals surface area contributed by atoms with E-state index in [1.54, 1.807) is 56.3 Å². The number of halogens is 2. The molecule has 5 nitrogen and oxygen atoms in total. The second-order valence-electron chi connectivity index (χ2n) is 5.46. The lowest BCUT2D eigenvalue weighted by Gasteiger charge is -2.09. The Morgan fingerprint density at radius 1 is 1.20 bits per heavy atom. The Labute approximate surface area is 159 Å². The van der Waals surface area contributed by atoms with Crippen molar-refractivity contribution in [1.29, 1.82) is 0 Å². The minimum atomic E-state index is -0.372. The van der Waals surface area contributed by atoms with Gasteiger partial charge in [-0.1, -0.05) is 41.4 Å². The zero-order valence-corrected chi connectivity index (χ0v) is 16.0. The van der Waals surface area contributed by atoms with E-state index in [0.717, 1.165) is 4.47 Å². The number of benzene rings is 2. The molecular weight excluding hydrogens is 408 g/mol. The smallest absolute Gasteiger partial charge is 0.313 e. The van der Waals surface area contributed by atoms with Crippen LogP contribution in [0.1, 0.15) is 29.8 Å². The van der Waals surface area contributed by atoms with Gasteiger partial charge in [0.25, 0.3) is 5.91 Å². The molecule has 0 saturated heterocycles. The van der Waals surface area contributed by atoms with E-state index in [1.807, 2.05) is 0 Å². The van der Waals surface area contributed by atoms with Crippen LogP contribution in [0.5, 0.6) is 5.75 Å². The molecule has 130 valence electrons. The van der Waals surface area contributed by atoms with E-state index in [9.17, 15) is 9.59 Å². The predicted molar refractivity (Wildman–Crippen MR) is 101 cm³/mol. The topological polar surface area (TPSA) is 67.8 Å². The zero-order valence-electron chi connectivity index (χ0n) is 13.6. The quantitative estimate of drug-likeness (QED) is 0.335. The van der Waals surface area contributed by atoms with Crippen LogP contribution in [0, 0.1) is 5.92 Å². The van der Waals surface area contributed by atoms with Crippen LogP contribution in [0.2, 0.25) is 5.02 Å². The van der Waals surface area contributed by atoms with Gasteiger partial charge in [0.15, 0.2) is 0 Å². The number of hydrogen-bond donors (Lipinski definition) is 1. The lowest BCUT2D eigenvalue weighted by Crippen LogP contribution is -2.18. The van der Waals surface area contributed by atoms with Crippen LogP contribution >= 0.6 is 27.5 Å². The number of ether oxygens (including phenoxy) is 1. The standard InChI is InChI=1S/C18H16BrClN2O3/c1-11(2)18(24)25-16-8-5-14(19)9-13(16)10-21-22-17(23)12-3-6-15(20)7-4-12/h3-11H,1-2H3,(H,22,23)/b21-10+. The van der Waals surface area contributed by atoms with E-state index in [-0.39, 0.29) is 17.8 Å². The monoisotopic (exact) mass is 422 g/mol. The Hall–Kier alpha value is -2.18. The van der Waals surface area contributed by atoms with Crippen molar-refractivity contribution >= 4 is 45.6 Å². The Bertz CT molecular complexity index is 804. The van der Waals surface area contributed by atoms with Gasteiger partial charge in [0.1, 0.15) is 5.75 Å². The van der Waals surface area contributed by atoms with E-state index in [2.05, 4.69) is 26.5 Å². The molecule has 2 aromatic carbocycles. The van der Waals surface area contributed by atoms with Crippen LogP contribution in [-0.4, -0.2) is 18.1 Å². The number of nitrogens with zero attached hydrogens (tertiary/aromatic N) is 1. The second-order valence-corrected chi connectivity index (χ2v) is 6.82. The highest BCUT2D eigenvalue weighted by Gasteiger charge is 2.12. The van der Waals surface area contributed by atoms with Gasteiger partial charge in [-0.15, -0.1) is 0 Å². The summed E-state index contributed by atoms with van der Waals surface area (Å²) in [4.78, 5) is 23.8. The Morgan fingerprint density at radius 3 is 2.52 bits per heavy atom. The summed E-state index contributed by atoms with van der Waals surface area (Å²) in [7, 11) is 0. The van der Waals surface area contributed by atoms with Crippen molar-refractivity contribution in [3.05, 3.63) is 63.1 Å². The van der Waals surface area contributed by atoms with E-state index >= 15 is 0 Å². The van der Waals surface area contributed by atoms with Gasteiger partial charge >= 0.3 is 5.97 Å². The molecule has 2 rings (SSSR count). The number of esters is 1. The zero-order chi connectivity index (χ0) is 18.4. The van der Waals surface area contributed by atoms with Gasteiger partial charge in [-0.3, -0.25) is 9.59 Å². The summed E-state index contributed by atoms with van der Waals surface area (Å²) in [5.41, 5.74) is 3.41. The molecule has 0 bridgehead atoms. The fourth-order valence-corrected chi connectivity index (χ4v) is 2.27. The van der Waals surface area contributed by atoms with E-state index < -0.39 is 0 Å². The first-order chi connectivity index (χ1) is 11.9. The van der Waals surface area contributed by atoms with Crippen molar-refractivity contribution in [2.24, 2.45) is 11.0 Å². The van der Waals surface area contributed by atoms with Gasteiger partial charge < -0.3 is 4.74 Å². The number of amides is 1. The summed E-state index contributed by atoms with van der Waals surface area (Å²) in [6.07, 6.45) is 1.42. The van der Waals surface area contributed by atoms with Crippen LogP contribution in [0.3, 0.4) is 0 Å². The SMILES string of the molecule is CC(C)C(=O)Oc1ccc(Br)cc1/C=N/NC(=O)c1ccc(Cl)cc1. The predicted octanol–water partition coefficient (Wildman–Crippen LogP) is 4.43. The molecular formula is C18H16BrClN2O3. The molecule has 25 heavy (non-hydrogen) atoms. The van der Waals surface area contributed by atoms with E-state index in [0.29, 0.717) is 21.9 Å². The molecule has 0 unspecified atom stereocenters. The molecule has 0 spiro atoms. The maximum absolute atomic E-state index is 12.0. The average molecular weight is 424 g/mol. The molecule has 1 amide bonds. The maximum Gasteiger partial charge on any atom is 0.313 e. The summed E-state index contributed by atoms with van der Waals surface area (Å²) in [6.45, 7) is 3.50. The highest BCUT2D eigenvalue weighted by molar-refractivity contribution is 9.10. The van der Waals surface area contributed by atoms with Crippen molar-refractivity contribution in [1.82, 2.24) is 5.43 Å². The van der Waals surface area contributed by atoms with Gasteiger partial charge in [-0.25, -0.2) is 5.43 Å². The lowest BCUT2D eigenvalue weighted by atomic mass is 10.2. The third-order valence-corrected chi connectivity index (χ3v) is 3.88. The first-order valence-corrected chi connectivity index (χ1v) is 8.64. The average Bonchev–Trinajstić information content (AvgIpc) is 2.57. The molecule has 0 radical (unpaired) electrons. The third-order valence-electron chi connectivity index (χ3n) is 3.13. The lowest BCUT2D eigenvalue weighted by molar-refractivity contribution is -0.137. The largest absolute Gasteiger partial charge is 0.426 e. The minimum Gasteiger partial charge on any atom is -0.426 e. The number of hydrogen-bond acceptors (Lipinski definition) is 4. The summed E-state index contributed by atoms with van der Waals surface area (Å²) in [5.74, 6) is -0.602. The van der Waals surface area contributed by atoms with Gasteiger partial charge in [0.05, 0.1) is 12.1 Å². The molecule has 0 fully saturated rings. The van der Waals surface area contributed by atoms with Crippen LogP contribution in [0.15, 0.2) is 52.0 Å². The number of carbonyl (C=O) groups excluding carboxylic acids is 2. The van der Waals surface area contributed by atoms with Crippen molar-refractivity contribution < 1.29 is 14.3 Å². The van der Waals surface area contributed by atoms with E-state index in [4.69, 9.17) is 16.3 Å². The molecule has 0 atom stereocenters. The van der Waals surface area contributed by atoms with Gasteiger partial charge in [0, 0.05) is 20.6 Å². The molecule has 0 aromatic heterocycles. The van der Waals surface area contributed by atoms with Crippen LogP contribution < -0.4 is 10.2 Å². The van der Waals surface area contributed by atoms with Crippen LogP contribution in [0.25, 0.3) is 0 Å². The second kappa shape index (κ2) is 8.78. The third kappa shape index (κ3) is 5.69. The first-order valence-electron chi connectivity index (χ1n) is 7.47. The van der Waals surface area contributed by atoms with Gasteiger partial charge in [0.2, 0.25) is 0 Å². The molecule has 7 heteroatoms. The minimum absolute atomic E-state index is 0.252. The number of hydrazone groups is 1. The summed E-state index contributed by atoms with van der Waals surface area (Å²) < 4.78 is 6.13. The highest BCUT2D eigenvalue weighted by atomic mass is 79.9. The Balaban J connectivity index is 2.11. The molecule has 0 aliphatic carbocycles. The van der Waals surface area contributed by atoms with Gasteiger partial charge in [-0.2, -0.15) is 5.10 Å². The fourth-order valence-electron chi connectivity index (χ4n) is 1.77. The Morgan fingerprint density at radius 2 is 1.88 bits per heavy atom. The van der Waals surface area contributed by atoms with Gasteiger partial charge in [-0.05, 0) is 42.5 Å². The van der Waals surface area contributed by atoms with Crippen molar-refractivity contribution in [3.63, 3.8) is 0 Å².